The number of fused-ring (bicyclic) bond motifs is 1. The second-order valence-corrected chi connectivity index (χ2v) is 9.42. The fourth-order valence-electron chi connectivity index (χ4n) is 4.55. The lowest BCUT2D eigenvalue weighted by molar-refractivity contribution is -0.146. The number of hydrogen-bond donors (Lipinski definition) is 1. The minimum Gasteiger partial charge on any atom is -0.421 e. The number of ether oxygens (including phenoxy) is 1. The molecule has 1 saturated heterocycles. The Balaban J connectivity index is 1.43. The minimum atomic E-state index is -4.27. The molecule has 1 aromatic carbocycles. The van der Waals surface area contributed by atoms with Gasteiger partial charge in [-0.2, -0.15) is 23.1 Å². The van der Waals surface area contributed by atoms with E-state index in [0.717, 1.165) is 17.2 Å². The van der Waals surface area contributed by atoms with Gasteiger partial charge in [-0.05, 0) is 31.9 Å². The highest BCUT2D eigenvalue weighted by molar-refractivity contribution is 6.05. The lowest BCUT2D eigenvalue weighted by atomic mass is 10.1. The number of halogens is 5. The highest BCUT2D eigenvalue weighted by Gasteiger charge is 2.32. The van der Waals surface area contributed by atoms with E-state index in [1.54, 1.807) is 24.0 Å². The summed E-state index contributed by atoms with van der Waals surface area (Å²) in [6.45, 7) is 4.24. The van der Waals surface area contributed by atoms with E-state index in [2.05, 4.69) is 20.3 Å². The maximum atomic E-state index is 15.2. The summed E-state index contributed by atoms with van der Waals surface area (Å²) in [7, 11) is 0. The number of alkyl halides is 3. The molecule has 0 atom stereocenters. The lowest BCUT2D eigenvalue weighted by Crippen LogP contribution is -2.49. The van der Waals surface area contributed by atoms with Crippen molar-refractivity contribution in [3.05, 3.63) is 52.1 Å². The van der Waals surface area contributed by atoms with E-state index in [9.17, 15) is 17.6 Å². The molecule has 0 unspecified atom stereocenters. The fraction of sp³-hybridized carbons (Fsp3) is 0.400. The molecule has 1 aromatic heterocycles. The van der Waals surface area contributed by atoms with Crippen LogP contribution in [0.2, 0.25) is 0 Å². The van der Waals surface area contributed by atoms with Gasteiger partial charge in [0, 0.05) is 49.4 Å². The smallest absolute Gasteiger partial charge is 0.401 e. The van der Waals surface area contributed by atoms with Crippen LogP contribution in [0.25, 0.3) is 6.08 Å². The molecule has 0 saturated carbocycles. The molecule has 2 aliphatic heterocycles. The molecule has 0 bridgehead atoms. The van der Waals surface area contributed by atoms with Gasteiger partial charge < -0.3 is 15.0 Å². The summed E-state index contributed by atoms with van der Waals surface area (Å²) in [6.07, 6.45) is -0.514. The zero-order chi connectivity index (χ0) is 26.3. The monoisotopic (exact) mass is 520 g/mol. The number of amidine groups is 1. The van der Waals surface area contributed by atoms with Crippen LogP contribution >= 0.6 is 0 Å². The van der Waals surface area contributed by atoms with Crippen molar-refractivity contribution in [3.63, 3.8) is 0 Å². The molecule has 7 nitrogen and oxygen atoms in total. The van der Waals surface area contributed by atoms with Crippen LogP contribution in [0.5, 0.6) is 11.8 Å². The number of benzene rings is 1. The first-order valence-corrected chi connectivity index (χ1v) is 11.8. The van der Waals surface area contributed by atoms with Crippen molar-refractivity contribution in [3.8, 4) is 11.8 Å². The van der Waals surface area contributed by atoms with E-state index in [0.29, 0.717) is 30.4 Å². The molecule has 196 valence electrons. The maximum absolute atomic E-state index is 15.2. The van der Waals surface area contributed by atoms with Crippen LogP contribution < -0.4 is 15.0 Å². The zero-order valence-corrected chi connectivity index (χ0v) is 20.3. The summed E-state index contributed by atoms with van der Waals surface area (Å²) in [5.74, 6) is -0.392. The molecule has 2 aromatic rings. The molecule has 1 aliphatic carbocycles. The molecule has 0 amide bonds. The van der Waals surface area contributed by atoms with E-state index in [1.807, 2.05) is 13.0 Å². The van der Waals surface area contributed by atoms with Gasteiger partial charge in [0.15, 0.2) is 11.6 Å². The summed E-state index contributed by atoms with van der Waals surface area (Å²) in [5.41, 5.74) is 2.30. The minimum absolute atomic E-state index is 0.142. The lowest BCUT2D eigenvalue weighted by Gasteiger charge is -2.35. The Labute approximate surface area is 210 Å². The van der Waals surface area contributed by atoms with E-state index in [4.69, 9.17) is 4.74 Å². The Hall–Kier alpha value is -3.54. The largest absolute Gasteiger partial charge is 0.421 e. The SMILES string of the molecule is CC1=CC(Nc2cc(N3CCN(CC(F)(F)F)CC3)nc(Oc3cc(F)c4c(c3F)C=C(C)C4)n2)=NC1. The summed E-state index contributed by atoms with van der Waals surface area (Å²) in [5, 5.41) is 3.07. The average Bonchev–Trinajstić information content (AvgIpc) is 3.42. The van der Waals surface area contributed by atoms with Crippen molar-refractivity contribution < 1.29 is 26.7 Å². The molecule has 5 rings (SSSR count). The Morgan fingerprint density at radius 1 is 1.00 bits per heavy atom. The molecule has 3 aliphatic rings. The molecule has 37 heavy (non-hydrogen) atoms. The van der Waals surface area contributed by atoms with Crippen LogP contribution in [0.3, 0.4) is 0 Å². The molecular formula is C25H25F5N6O. The second kappa shape index (κ2) is 9.73. The van der Waals surface area contributed by atoms with Crippen molar-refractivity contribution in [2.45, 2.75) is 26.4 Å². The Kier molecular flexibility index (Phi) is 6.61. The van der Waals surface area contributed by atoms with E-state index >= 15 is 4.39 Å². The van der Waals surface area contributed by atoms with Crippen molar-refractivity contribution in [2.24, 2.45) is 4.99 Å². The molecule has 0 radical (unpaired) electrons. The van der Waals surface area contributed by atoms with Gasteiger partial charge in [-0.15, -0.1) is 0 Å². The summed E-state index contributed by atoms with van der Waals surface area (Å²) in [4.78, 5) is 16.2. The van der Waals surface area contributed by atoms with Crippen LogP contribution in [0, 0.1) is 11.6 Å². The van der Waals surface area contributed by atoms with Gasteiger partial charge in [0.1, 0.15) is 23.3 Å². The van der Waals surface area contributed by atoms with Crippen molar-refractivity contribution >= 4 is 23.5 Å². The molecule has 1 fully saturated rings. The second-order valence-electron chi connectivity index (χ2n) is 9.42. The first-order valence-electron chi connectivity index (χ1n) is 11.8. The van der Waals surface area contributed by atoms with E-state index in [1.165, 1.54) is 4.90 Å². The molecule has 0 spiro atoms. The summed E-state index contributed by atoms with van der Waals surface area (Å²) >= 11 is 0. The summed E-state index contributed by atoms with van der Waals surface area (Å²) in [6, 6.07) is 2.38. The topological polar surface area (TPSA) is 65.9 Å². The number of anilines is 2. The van der Waals surface area contributed by atoms with Crippen molar-refractivity contribution in [2.75, 3.05) is 49.5 Å². The van der Waals surface area contributed by atoms with Crippen molar-refractivity contribution in [1.82, 2.24) is 14.9 Å². The van der Waals surface area contributed by atoms with Crippen LogP contribution in [0.1, 0.15) is 25.0 Å². The summed E-state index contributed by atoms with van der Waals surface area (Å²) < 4.78 is 73.8. The predicted octanol–water partition coefficient (Wildman–Crippen LogP) is 4.96. The van der Waals surface area contributed by atoms with Gasteiger partial charge in [0.25, 0.3) is 0 Å². The highest BCUT2D eigenvalue weighted by atomic mass is 19.4. The number of nitrogens with one attached hydrogen (secondary N) is 1. The maximum Gasteiger partial charge on any atom is 0.401 e. The molecule has 1 N–H and O–H groups in total. The highest BCUT2D eigenvalue weighted by Crippen LogP contribution is 2.36. The third-order valence-corrected chi connectivity index (χ3v) is 6.30. The van der Waals surface area contributed by atoms with Crippen LogP contribution in [0.15, 0.2) is 34.3 Å². The Morgan fingerprint density at radius 3 is 2.43 bits per heavy atom. The van der Waals surface area contributed by atoms with Crippen LogP contribution in [-0.2, 0) is 6.42 Å². The number of aromatic nitrogens is 2. The average molecular weight is 521 g/mol. The van der Waals surface area contributed by atoms with E-state index < -0.39 is 24.4 Å². The van der Waals surface area contributed by atoms with Gasteiger partial charge in [-0.25, -0.2) is 8.78 Å². The van der Waals surface area contributed by atoms with Gasteiger partial charge in [-0.1, -0.05) is 11.6 Å². The molecule has 12 heteroatoms. The number of rotatable bonds is 5. The zero-order valence-electron chi connectivity index (χ0n) is 20.3. The molecular weight excluding hydrogens is 495 g/mol. The first kappa shape index (κ1) is 25.1. The van der Waals surface area contributed by atoms with Gasteiger partial charge in [-0.3, -0.25) is 9.89 Å². The number of nitrogens with zero attached hydrogens (tertiary/aromatic N) is 5. The van der Waals surface area contributed by atoms with Crippen LogP contribution in [-0.4, -0.2) is 66.1 Å². The number of aliphatic imine (C=N–C) groups is 1. The Bertz CT molecular complexity index is 1310. The van der Waals surface area contributed by atoms with E-state index in [-0.39, 0.29) is 49.1 Å². The predicted molar refractivity (Wildman–Crippen MR) is 130 cm³/mol. The standard InChI is InChI=1S/C25H25F5N6O/c1-14-7-16-17(8-14)23(27)19(10-18(16)26)37-24-33-21(32-20-9-15(2)12-31-20)11-22(34-24)36-5-3-35(4-6-36)13-25(28,29)30/h8-11H,3-7,12-13H2,1-2H3,(H,31,32,33,34). The normalized spacial score (nSPS) is 17.9. The van der Waals surface area contributed by atoms with Crippen LogP contribution in [0.4, 0.5) is 33.6 Å². The number of piperazine rings is 1. The fourth-order valence-corrected chi connectivity index (χ4v) is 4.55. The van der Waals surface area contributed by atoms with Gasteiger partial charge >= 0.3 is 12.2 Å². The third-order valence-electron chi connectivity index (χ3n) is 6.30. The number of allylic oxidation sites excluding steroid dienone is 1. The quantitative estimate of drug-likeness (QED) is 0.563. The third kappa shape index (κ3) is 5.74. The number of hydrogen-bond acceptors (Lipinski definition) is 7. The molecule has 3 heterocycles. The van der Waals surface area contributed by atoms with Gasteiger partial charge in [0.05, 0.1) is 13.1 Å². The first-order chi connectivity index (χ1) is 17.5. The Morgan fingerprint density at radius 2 is 1.76 bits per heavy atom. The van der Waals surface area contributed by atoms with Crippen molar-refractivity contribution in [1.29, 1.82) is 0 Å². The van der Waals surface area contributed by atoms with Gasteiger partial charge in [0.2, 0.25) is 0 Å².